The molecule has 2 heterocycles. The minimum absolute atomic E-state index is 0.240. The fourth-order valence-electron chi connectivity index (χ4n) is 9.37. The fraction of sp³-hybridized carbons (Fsp3) is 0.865. The molecule has 0 aromatic carbocycles. The summed E-state index contributed by atoms with van der Waals surface area (Å²) in [6, 6.07) is 0. The van der Waals surface area contributed by atoms with Gasteiger partial charge < -0.3 is 23.8 Å². The zero-order chi connectivity index (χ0) is 30.2. The first kappa shape index (κ1) is 33.2. The fourth-order valence-corrected chi connectivity index (χ4v) is 9.37. The van der Waals surface area contributed by atoms with E-state index in [0.717, 1.165) is 51.7 Å². The molecule has 3 saturated carbocycles. The van der Waals surface area contributed by atoms with E-state index in [2.05, 4.69) is 18.4 Å². The smallest absolute Gasteiger partial charge is 0.293 e. The number of carbonyl (C=O) groups is 1. The molecule has 2 aliphatic heterocycles. The molecule has 1 saturated heterocycles. The van der Waals surface area contributed by atoms with Crippen LogP contribution < -0.4 is 0 Å². The lowest BCUT2D eigenvalue weighted by Crippen LogP contribution is -2.47. The Morgan fingerprint density at radius 2 is 1.63 bits per heavy atom. The Kier molecular flexibility index (Phi) is 12.2. The number of fused-ring (bicyclic) bond motifs is 1. The van der Waals surface area contributed by atoms with E-state index in [1.165, 1.54) is 70.9 Å². The molecule has 0 aromatic heterocycles. The lowest BCUT2D eigenvalue weighted by Gasteiger charge is -2.49. The van der Waals surface area contributed by atoms with Crippen molar-refractivity contribution in [3.63, 3.8) is 0 Å². The topological polar surface area (TPSA) is 57.2 Å². The highest BCUT2D eigenvalue weighted by Gasteiger charge is 2.46. The van der Waals surface area contributed by atoms with Gasteiger partial charge >= 0.3 is 0 Å². The summed E-state index contributed by atoms with van der Waals surface area (Å²) in [5, 5.41) is 0. The van der Waals surface area contributed by atoms with Crippen molar-refractivity contribution >= 4 is 6.47 Å². The first-order chi connectivity index (χ1) is 20.9. The third-order valence-corrected chi connectivity index (χ3v) is 11.6. The first-order valence-corrected chi connectivity index (χ1v) is 17.9. The van der Waals surface area contributed by atoms with Crippen molar-refractivity contribution < 1.29 is 23.7 Å². The highest BCUT2D eigenvalue weighted by molar-refractivity contribution is 5.38. The minimum atomic E-state index is -0.415. The van der Waals surface area contributed by atoms with Crippen LogP contribution in [0.4, 0.5) is 0 Å². The van der Waals surface area contributed by atoms with Crippen LogP contribution in [0.2, 0.25) is 0 Å². The van der Waals surface area contributed by atoms with Crippen LogP contribution in [-0.2, 0) is 23.7 Å². The molecule has 0 aromatic rings. The highest BCUT2D eigenvalue weighted by Crippen LogP contribution is 2.50. The van der Waals surface area contributed by atoms with Crippen LogP contribution in [0.1, 0.15) is 117 Å². The molecule has 244 valence electrons. The zero-order valence-electron chi connectivity index (χ0n) is 27.6. The molecule has 43 heavy (non-hydrogen) atoms. The predicted molar refractivity (Wildman–Crippen MR) is 172 cm³/mol. The van der Waals surface area contributed by atoms with E-state index in [9.17, 15) is 4.79 Å². The number of nitrogens with zero attached hydrogens (tertiary/aromatic N) is 1. The molecule has 4 atom stereocenters. The number of likely N-dealkylation sites (tertiary alicyclic amines) is 1. The summed E-state index contributed by atoms with van der Waals surface area (Å²) in [6.45, 7) is 16.1. The first-order valence-electron chi connectivity index (χ1n) is 17.9. The maximum absolute atomic E-state index is 11.1. The molecule has 6 nitrogen and oxygen atoms in total. The number of piperidine rings is 1. The molecule has 0 radical (unpaired) electrons. The number of hydrogen-bond acceptors (Lipinski definition) is 6. The van der Waals surface area contributed by atoms with Gasteiger partial charge in [-0.2, -0.15) is 0 Å². The molecule has 0 amide bonds. The Hall–Kier alpha value is -1.21. The van der Waals surface area contributed by atoms with Crippen molar-refractivity contribution in [3.05, 3.63) is 23.8 Å². The summed E-state index contributed by atoms with van der Waals surface area (Å²) in [5.41, 5.74) is 2.90. The molecular weight excluding hydrogens is 538 g/mol. The van der Waals surface area contributed by atoms with Gasteiger partial charge in [-0.05, 0) is 147 Å². The van der Waals surface area contributed by atoms with Crippen molar-refractivity contribution in [2.75, 3.05) is 32.8 Å². The van der Waals surface area contributed by atoms with E-state index in [4.69, 9.17) is 18.9 Å². The molecule has 0 spiro atoms. The van der Waals surface area contributed by atoms with Crippen molar-refractivity contribution in [2.45, 2.75) is 147 Å². The van der Waals surface area contributed by atoms with Gasteiger partial charge in [0.15, 0.2) is 0 Å². The van der Waals surface area contributed by atoms with Gasteiger partial charge in [0.2, 0.25) is 0 Å². The summed E-state index contributed by atoms with van der Waals surface area (Å²) in [7, 11) is 0. The summed E-state index contributed by atoms with van der Waals surface area (Å²) in [5.74, 6) is 2.26. The van der Waals surface area contributed by atoms with Crippen molar-refractivity contribution in [1.82, 2.24) is 4.90 Å². The van der Waals surface area contributed by atoms with Crippen LogP contribution in [0.3, 0.4) is 0 Å². The Morgan fingerprint density at radius 1 is 0.930 bits per heavy atom. The van der Waals surface area contributed by atoms with Crippen LogP contribution in [0.15, 0.2) is 23.8 Å². The molecule has 4 unspecified atom stereocenters. The van der Waals surface area contributed by atoms with Gasteiger partial charge in [0.25, 0.3) is 6.47 Å². The Labute approximate surface area is 262 Å². The lowest BCUT2D eigenvalue weighted by molar-refractivity contribution is -0.143. The SMILES string of the molecule is C=CCOC1CCC(C2=C(C)C3CCC(CC(C)(C)OC=O)CC3OC2C2CCC(OCCN3CCCCC3)CC2)CC1. The maximum atomic E-state index is 11.1. The average molecular weight is 600 g/mol. The van der Waals surface area contributed by atoms with Gasteiger partial charge in [-0.3, -0.25) is 4.79 Å². The minimum Gasteiger partial charge on any atom is -0.462 e. The van der Waals surface area contributed by atoms with Crippen LogP contribution in [0.5, 0.6) is 0 Å². The van der Waals surface area contributed by atoms with E-state index in [1.54, 1.807) is 11.1 Å². The van der Waals surface area contributed by atoms with E-state index < -0.39 is 5.60 Å². The van der Waals surface area contributed by atoms with Gasteiger partial charge in [0.1, 0.15) is 5.60 Å². The van der Waals surface area contributed by atoms with Crippen molar-refractivity contribution in [1.29, 1.82) is 0 Å². The molecule has 6 heteroatoms. The second kappa shape index (κ2) is 15.9. The molecular formula is C37H61NO5. The molecule has 3 aliphatic carbocycles. The molecule has 5 aliphatic rings. The Balaban J connectivity index is 1.23. The van der Waals surface area contributed by atoms with Crippen LogP contribution in [0, 0.1) is 23.7 Å². The van der Waals surface area contributed by atoms with Crippen LogP contribution in [-0.4, -0.2) is 74.2 Å². The molecule has 5 rings (SSSR count). The molecule has 4 fully saturated rings. The van der Waals surface area contributed by atoms with Gasteiger partial charge in [0.05, 0.1) is 37.6 Å². The average Bonchev–Trinajstić information content (AvgIpc) is 3.01. The van der Waals surface area contributed by atoms with E-state index in [0.29, 0.717) is 49.0 Å². The van der Waals surface area contributed by atoms with Crippen molar-refractivity contribution in [2.24, 2.45) is 23.7 Å². The third kappa shape index (κ3) is 8.95. The quantitative estimate of drug-likeness (QED) is 0.160. The standard InChI is InChI=1S/C37H61NO5/c1-5-22-40-31-14-10-29(11-15-31)35-27(2)33-18-9-28(25-37(3,4)42-26-39)24-34(33)43-36(35)30-12-16-32(17-13-30)41-23-21-38-19-7-6-8-20-38/h5,26,28-34,36H,1,6-25H2,2-4H3. The zero-order valence-corrected chi connectivity index (χ0v) is 27.6. The summed E-state index contributed by atoms with van der Waals surface area (Å²) >= 11 is 0. The van der Waals surface area contributed by atoms with E-state index in [1.807, 2.05) is 19.9 Å². The summed E-state index contributed by atoms with van der Waals surface area (Å²) in [4.78, 5) is 13.7. The molecule has 0 N–H and O–H groups in total. The van der Waals surface area contributed by atoms with Crippen molar-refractivity contribution in [3.8, 4) is 0 Å². The Morgan fingerprint density at radius 3 is 2.33 bits per heavy atom. The number of rotatable bonds is 13. The van der Waals surface area contributed by atoms with Gasteiger partial charge in [-0.1, -0.05) is 18.1 Å². The highest BCUT2D eigenvalue weighted by atomic mass is 16.5. The lowest BCUT2D eigenvalue weighted by atomic mass is 9.66. The monoisotopic (exact) mass is 599 g/mol. The van der Waals surface area contributed by atoms with E-state index >= 15 is 0 Å². The number of hydrogen-bond donors (Lipinski definition) is 0. The van der Waals surface area contributed by atoms with Crippen LogP contribution in [0.25, 0.3) is 0 Å². The second-order valence-electron chi connectivity index (χ2n) is 15.1. The normalized spacial score (nSPS) is 36.2. The summed E-state index contributed by atoms with van der Waals surface area (Å²) in [6.07, 6.45) is 21.0. The number of ether oxygens (including phenoxy) is 4. The van der Waals surface area contributed by atoms with Gasteiger partial charge in [-0.15, -0.1) is 6.58 Å². The summed E-state index contributed by atoms with van der Waals surface area (Å²) < 4.78 is 25.2. The van der Waals surface area contributed by atoms with Gasteiger partial charge in [-0.25, -0.2) is 0 Å². The third-order valence-electron chi connectivity index (χ3n) is 11.6. The largest absolute Gasteiger partial charge is 0.462 e. The van der Waals surface area contributed by atoms with E-state index in [-0.39, 0.29) is 12.2 Å². The number of carbonyl (C=O) groups excluding carboxylic acids is 1. The van der Waals surface area contributed by atoms with Gasteiger partial charge in [0, 0.05) is 12.5 Å². The maximum Gasteiger partial charge on any atom is 0.293 e. The Bertz CT molecular complexity index is 910. The second-order valence-corrected chi connectivity index (χ2v) is 15.1. The predicted octanol–water partition coefficient (Wildman–Crippen LogP) is 7.65. The molecule has 0 bridgehead atoms. The van der Waals surface area contributed by atoms with Crippen LogP contribution >= 0.6 is 0 Å².